The lowest BCUT2D eigenvalue weighted by atomic mass is 10.1. The summed E-state index contributed by atoms with van der Waals surface area (Å²) in [6.07, 6.45) is -3.77. The molecule has 2 rings (SSSR count). The highest BCUT2D eigenvalue weighted by molar-refractivity contribution is 5.92. The Morgan fingerprint density at radius 1 is 1.40 bits per heavy atom. The molecular weight excluding hydrogens is 295 g/mol. The second-order valence-electron chi connectivity index (χ2n) is 4.78. The van der Waals surface area contributed by atoms with Gasteiger partial charge in [0.25, 0.3) is 5.91 Å². The maximum Gasteiger partial charge on any atom is 0.417 e. The van der Waals surface area contributed by atoms with Crippen molar-refractivity contribution in [2.24, 2.45) is 11.7 Å². The first-order valence-corrected chi connectivity index (χ1v) is 5.87. The molecule has 1 saturated heterocycles. The normalized spacial score (nSPS) is 22.6. The van der Waals surface area contributed by atoms with E-state index in [0.29, 0.717) is 19.3 Å². The van der Waals surface area contributed by atoms with E-state index < -0.39 is 11.7 Å². The third-order valence-electron chi connectivity index (χ3n) is 3.27. The first-order chi connectivity index (χ1) is 8.79. The van der Waals surface area contributed by atoms with Crippen LogP contribution in [0.3, 0.4) is 0 Å². The molecule has 1 aromatic heterocycles. The van der Waals surface area contributed by atoms with Gasteiger partial charge in [0.15, 0.2) is 0 Å². The number of alkyl halides is 3. The maximum atomic E-state index is 12.4. The van der Waals surface area contributed by atoms with Crippen LogP contribution in [-0.2, 0) is 6.18 Å². The van der Waals surface area contributed by atoms with Gasteiger partial charge in [-0.1, -0.05) is 6.92 Å². The number of hydrogen-bond acceptors (Lipinski definition) is 3. The monoisotopic (exact) mass is 309 g/mol. The minimum Gasteiger partial charge on any atom is -0.335 e. The molecule has 20 heavy (non-hydrogen) atoms. The van der Waals surface area contributed by atoms with Gasteiger partial charge in [0.05, 0.1) is 5.56 Å². The van der Waals surface area contributed by atoms with Crippen LogP contribution in [0.4, 0.5) is 13.2 Å². The van der Waals surface area contributed by atoms with Crippen molar-refractivity contribution in [3.63, 3.8) is 0 Å². The molecule has 1 aromatic rings. The van der Waals surface area contributed by atoms with Gasteiger partial charge in [0.1, 0.15) is 5.69 Å². The summed E-state index contributed by atoms with van der Waals surface area (Å²) in [4.78, 5) is 17.1. The molecule has 0 aromatic carbocycles. The van der Waals surface area contributed by atoms with Gasteiger partial charge in [-0.05, 0) is 18.1 Å². The summed E-state index contributed by atoms with van der Waals surface area (Å²) in [6, 6.07) is 1.86. The molecule has 0 saturated carbocycles. The SMILES string of the molecule is CC1CN(C(=O)c2ccc(C(F)(F)F)cn2)CC1N.Cl. The molecule has 2 atom stereocenters. The van der Waals surface area contributed by atoms with E-state index in [1.54, 1.807) is 0 Å². The van der Waals surface area contributed by atoms with Crippen molar-refractivity contribution in [3.05, 3.63) is 29.6 Å². The number of likely N-dealkylation sites (tertiary alicyclic amines) is 1. The van der Waals surface area contributed by atoms with Crippen molar-refractivity contribution in [2.75, 3.05) is 13.1 Å². The lowest BCUT2D eigenvalue weighted by Crippen LogP contribution is -2.32. The summed E-state index contributed by atoms with van der Waals surface area (Å²) in [5.74, 6) is -0.202. The first kappa shape index (κ1) is 16.7. The van der Waals surface area contributed by atoms with Crippen LogP contribution in [0.1, 0.15) is 23.0 Å². The molecule has 4 nitrogen and oxygen atoms in total. The fourth-order valence-corrected chi connectivity index (χ4v) is 2.01. The standard InChI is InChI=1S/C12H14F3N3O.ClH/c1-7-5-18(6-9(7)16)11(19)10-3-2-8(4-17-10)12(13,14)15;/h2-4,7,9H,5-6,16H2,1H3;1H. The van der Waals surface area contributed by atoms with Gasteiger partial charge >= 0.3 is 6.18 Å². The molecule has 1 aliphatic heterocycles. The molecule has 2 unspecified atom stereocenters. The van der Waals surface area contributed by atoms with Gasteiger partial charge in [-0.25, -0.2) is 0 Å². The molecule has 1 aliphatic rings. The Labute approximate surface area is 120 Å². The van der Waals surface area contributed by atoms with Gasteiger partial charge in [0, 0.05) is 25.3 Å². The fourth-order valence-electron chi connectivity index (χ4n) is 2.01. The molecule has 0 radical (unpaired) electrons. The first-order valence-electron chi connectivity index (χ1n) is 5.87. The van der Waals surface area contributed by atoms with E-state index in [1.165, 1.54) is 4.90 Å². The van der Waals surface area contributed by atoms with Crippen LogP contribution >= 0.6 is 12.4 Å². The number of hydrogen-bond donors (Lipinski definition) is 1. The smallest absolute Gasteiger partial charge is 0.335 e. The Hall–Kier alpha value is -1.34. The van der Waals surface area contributed by atoms with Crippen LogP contribution in [0.15, 0.2) is 18.3 Å². The second-order valence-corrected chi connectivity index (χ2v) is 4.78. The van der Waals surface area contributed by atoms with E-state index in [1.807, 2.05) is 6.92 Å². The number of carbonyl (C=O) groups excluding carboxylic acids is 1. The molecule has 1 amide bonds. The molecule has 1 fully saturated rings. The third kappa shape index (κ3) is 3.40. The summed E-state index contributed by atoms with van der Waals surface area (Å²) in [5, 5.41) is 0. The topological polar surface area (TPSA) is 59.2 Å². The molecule has 2 heterocycles. The highest BCUT2D eigenvalue weighted by Gasteiger charge is 2.33. The second kappa shape index (κ2) is 5.97. The van der Waals surface area contributed by atoms with Gasteiger partial charge < -0.3 is 10.6 Å². The Bertz CT molecular complexity index is 468. The number of aromatic nitrogens is 1. The fraction of sp³-hybridized carbons (Fsp3) is 0.500. The lowest BCUT2D eigenvalue weighted by molar-refractivity contribution is -0.137. The predicted molar refractivity (Wildman–Crippen MR) is 69.5 cm³/mol. The molecule has 0 aliphatic carbocycles. The zero-order valence-electron chi connectivity index (χ0n) is 10.7. The van der Waals surface area contributed by atoms with Crippen LogP contribution < -0.4 is 5.73 Å². The average molecular weight is 310 g/mol. The van der Waals surface area contributed by atoms with E-state index >= 15 is 0 Å². The Balaban J connectivity index is 0.00000200. The van der Waals surface area contributed by atoms with Gasteiger partial charge in [-0.15, -0.1) is 12.4 Å². The quantitative estimate of drug-likeness (QED) is 0.862. The van der Waals surface area contributed by atoms with Gasteiger partial charge in [-0.3, -0.25) is 9.78 Å². The van der Waals surface area contributed by atoms with E-state index in [4.69, 9.17) is 5.73 Å². The van der Waals surface area contributed by atoms with Crippen LogP contribution in [-0.4, -0.2) is 34.9 Å². The maximum absolute atomic E-state index is 12.4. The number of carbonyl (C=O) groups is 1. The average Bonchev–Trinajstić information content (AvgIpc) is 2.68. The van der Waals surface area contributed by atoms with E-state index in [2.05, 4.69) is 4.98 Å². The molecule has 112 valence electrons. The Morgan fingerprint density at radius 3 is 2.45 bits per heavy atom. The number of halogens is 4. The van der Waals surface area contributed by atoms with Gasteiger partial charge in [0.2, 0.25) is 0 Å². The largest absolute Gasteiger partial charge is 0.417 e. The minimum atomic E-state index is -4.45. The van der Waals surface area contributed by atoms with E-state index in [-0.39, 0.29) is 36.0 Å². The summed E-state index contributed by atoms with van der Waals surface area (Å²) in [7, 11) is 0. The summed E-state index contributed by atoms with van der Waals surface area (Å²) in [5.41, 5.74) is 4.95. The van der Waals surface area contributed by atoms with Crippen LogP contribution in [0.2, 0.25) is 0 Å². The number of amides is 1. The van der Waals surface area contributed by atoms with E-state index in [0.717, 1.165) is 12.1 Å². The van der Waals surface area contributed by atoms with Crippen molar-refractivity contribution >= 4 is 18.3 Å². The minimum absolute atomic E-state index is 0. The molecular formula is C12H15ClF3N3O. The van der Waals surface area contributed by atoms with Crippen molar-refractivity contribution in [1.82, 2.24) is 9.88 Å². The molecule has 2 N–H and O–H groups in total. The zero-order valence-corrected chi connectivity index (χ0v) is 11.5. The predicted octanol–water partition coefficient (Wildman–Crippen LogP) is 1.94. The number of rotatable bonds is 1. The van der Waals surface area contributed by atoms with Crippen LogP contribution in [0.5, 0.6) is 0 Å². The van der Waals surface area contributed by atoms with Crippen molar-refractivity contribution in [3.8, 4) is 0 Å². The highest BCUT2D eigenvalue weighted by atomic mass is 35.5. The van der Waals surface area contributed by atoms with Crippen LogP contribution in [0.25, 0.3) is 0 Å². The van der Waals surface area contributed by atoms with Crippen molar-refractivity contribution < 1.29 is 18.0 Å². The summed E-state index contributed by atoms with van der Waals surface area (Å²) in [6.45, 7) is 2.84. The lowest BCUT2D eigenvalue weighted by Gasteiger charge is -2.15. The van der Waals surface area contributed by atoms with Crippen molar-refractivity contribution in [2.45, 2.75) is 19.1 Å². The highest BCUT2D eigenvalue weighted by Crippen LogP contribution is 2.28. The Kier molecular flexibility index (Phi) is 4.99. The molecule has 8 heteroatoms. The van der Waals surface area contributed by atoms with Crippen molar-refractivity contribution in [1.29, 1.82) is 0 Å². The summed E-state index contributed by atoms with van der Waals surface area (Å²) < 4.78 is 37.1. The van der Waals surface area contributed by atoms with Gasteiger partial charge in [-0.2, -0.15) is 13.2 Å². The Morgan fingerprint density at radius 2 is 2.05 bits per heavy atom. The number of pyridine rings is 1. The number of nitrogens with two attached hydrogens (primary N) is 1. The van der Waals surface area contributed by atoms with E-state index in [9.17, 15) is 18.0 Å². The summed E-state index contributed by atoms with van der Waals surface area (Å²) >= 11 is 0. The third-order valence-corrected chi connectivity index (χ3v) is 3.27. The molecule has 0 spiro atoms. The zero-order chi connectivity index (χ0) is 14.2. The molecule has 0 bridgehead atoms. The number of nitrogens with zero attached hydrogens (tertiary/aromatic N) is 2. The van der Waals surface area contributed by atoms with Crippen LogP contribution in [0, 0.1) is 5.92 Å².